The van der Waals surface area contributed by atoms with Crippen LogP contribution in [0.5, 0.6) is 0 Å². The van der Waals surface area contributed by atoms with Gasteiger partial charge in [-0.2, -0.15) is 0 Å². The first-order chi connectivity index (χ1) is 16.5. The smallest absolute Gasteiger partial charge is 0.225 e. The van der Waals surface area contributed by atoms with Crippen LogP contribution in [-0.4, -0.2) is 83.0 Å². The van der Waals surface area contributed by atoms with Gasteiger partial charge in [0.2, 0.25) is 11.9 Å². The number of aliphatic imine (C=N–C) groups is 2. The zero-order valence-corrected chi connectivity index (χ0v) is 22.9. The summed E-state index contributed by atoms with van der Waals surface area (Å²) in [7, 11) is 1.75. The van der Waals surface area contributed by atoms with Gasteiger partial charge in [-0.15, -0.1) is 0 Å². The lowest BCUT2D eigenvalue weighted by Gasteiger charge is -2.41. The third kappa shape index (κ3) is 6.34. The maximum atomic E-state index is 12.6. The maximum Gasteiger partial charge on any atom is 0.225 e. The number of guanidine groups is 1. The molecule has 0 aromatic carbocycles. The molecular weight excluding hydrogens is 438 g/mol. The van der Waals surface area contributed by atoms with Gasteiger partial charge in [-0.25, -0.2) is 15.0 Å². The molecular formula is C27H43N7O. The number of Topliss-reactive ketones (excluding diaryl/α,β-unsaturated/α-hetero) is 1. The molecule has 0 radical (unpaired) electrons. The van der Waals surface area contributed by atoms with Crippen LogP contribution in [-0.2, 0) is 17.8 Å². The molecule has 0 bridgehead atoms. The first-order valence-electron chi connectivity index (χ1n) is 12.8. The molecule has 1 aromatic heterocycles. The van der Waals surface area contributed by atoms with Crippen LogP contribution in [0.15, 0.2) is 27.8 Å². The monoisotopic (exact) mass is 481 g/mol. The van der Waals surface area contributed by atoms with Crippen molar-refractivity contribution in [3.8, 4) is 0 Å². The molecule has 1 aromatic rings. The highest BCUT2D eigenvalue weighted by Gasteiger charge is 2.30. The van der Waals surface area contributed by atoms with Gasteiger partial charge < -0.3 is 9.80 Å². The van der Waals surface area contributed by atoms with E-state index < -0.39 is 5.41 Å². The van der Waals surface area contributed by atoms with Crippen molar-refractivity contribution >= 4 is 23.9 Å². The Hall–Kier alpha value is -2.61. The number of nitrogens with zero attached hydrogens (tertiary/aromatic N) is 7. The Kier molecular flexibility index (Phi) is 8.46. The molecule has 3 heterocycles. The average molecular weight is 482 g/mol. The average Bonchev–Trinajstić information content (AvgIpc) is 2.85. The zero-order valence-electron chi connectivity index (χ0n) is 22.9. The predicted octanol–water partition coefficient (Wildman–Crippen LogP) is 3.76. The van der Waals surface area contributed by atoms with E-state index in [9.17, 15) is 4.79 Å². The SMILES string of the molecule is C\C=C(/C=N\C(=N/C)N1CCN(c2ncc3c(n2)CCN(C(C)(C)CC)C3)CC1)C(=O)C(C)(C)C. The van der Waals surface area contributed by atoms with Gasteiger partial charge in [0.25, 0.3) is 0 Å². The number of anilines is 1. The summed E-state index contributed by atoms with van der Waals surface area (Å²) in [5.74, 6) is 1.54. The summed E-state index contributed by atoms with van der Waals surface area (Å²) in [4.78, 5) is 38.2. The van der Waals surface area contributed by atoms with E-state index in [1.807, 2.05) is 40.0 Å². The Morgan fingerprint density at radius 1 is 1.11 bits per heavy atom. The van der Waals surface area contributed by atoms with Gasteiger partial charge in [-0.05, 0) is 27.2 Å². The number of hydrogen-bond donors (Lipinski definition) is 0. The van der Waals surface area contributed by atoms with Crippen molar-refractivity contribution in [2.75, 3.05) is 44.7 Å². The van der Waals surface area contributed by atoms with Gasteiger partial charge in [0.05, 0.1) is 5.69 Å². The van der Waals surface area contributed by atoms with Crippen molar-refractivity contribution in [1.29, 1.82) is 0 Å². The van der Waals surface area contributed by atoms with E-state index >= 15 is 0 Å². The standard InChI is InChI=1S/C27H43N7O/c1-9-20(23(35)26(3,4)5)17-29-24(28-8)32-13-15-33(16-14-32)25-30-18-21-19-34(27(6,7)10-2)12-11-22(21)31-25/h9,17-18H,10-16,19H2,1-8H3/b20-9+,28-24+,29-17-. The molecule has 2 aliphatic heterocycles. The van der Waals surface area contributed by atoms with Gasteiger partial charge in [0, 0.05) is 87.2 Å². The number of carbonyl (C=O) groups excluding carboxylic acids is 1. The van der Waals surface area contributed by atoms with E-state index in [-0.39, 0.29) is 11.3 Å². The van der Waals surface area contributed by atoms with Crippen LogP contribution >= 0.6 is 0 Å². The van der Waals surface area contributed by atoms with Gasteiger partial charge in [-0.3, -0.25) is 14.7 Å². The lowest BCUT2D eigenvalue weighted by atomic mass is 9.86. The lowest BCUT2D eigenvalue weighted by molar-refractivity contribution is -0.121. The second-order valence-electron chi connectivity index (χ2n) is 11.1. The molecule has 0 N–H and O–H groups in total. The van der Waals surface area contributed by atoms with Crippen molar-refractivity contribution in [1.82, 2.24) is 19.8 Å². The Morgan fingerprint density at radius 2 is 1.80 bits per heavy atom. The third-order valence-corrected chi connectivity index (χ3v) is 7.26. The highest BCUT2D eigenvalue weighted by Crippen LogP contribution is 2.27. The molecule has 1 saturated heterocycles. The molecule has 3 rings (SSSR count). The number of ketones is 1. The van der Waals surface area contributed by atoms with Crippen molar-refractivity contribution in [3.63, 3.8) is 0 Å². The molecule has 0 spiro atoms. The summed E-state index contributed by atoms with van der Waals surface area (Å²) < 4.78 is 0. The first kappa shape index (κ1) is 27.0. The van der Waals surface area contributed by atoms with E-state index in [1.54, 1.807) is 13.3 Å². The Morgan fingerprint density at radius 3 is 2.37 bits per heavy atom. The fourth-order valence-electron chi connectivity index (χ4n) is 4.41. The Balaban J connectivity index is 1.62. The fourth-order valence-corrected chi connectivity index (χ4v) is 4.41. The normalized spacial score (nSPS) is 18.9. The minimum atomic E-state index is -0.442. The molecule has 0 atom stereocenters. The molecule has 8 nitrogen and oxygen atoms in total. The van der Waals surface area contributed by atoms with Crippen LogP contribution in [0.1, 0.15) is 66.1 Å². The second kappa shape index (κ2) is 11.0. The summed E-state index contributed by atoms with van der Waals surface area (Å²) >= 11 is 0. The number of carbonyl (C=O) groups is 1. The maximum absolute atomic E-state index is 12.6. The number of hydrogen-bond acceptors (Lipinski definition) is 6. The van der Waals surface area contributed by atoms with Crippen LogP contribution in [0.3, 0.4) is 0 Å². The van der Waals surface area contributed by atoms with Crippen LogP contribution in [0.4, 0.5) is 5.95 Å². The molecule has 0 amide bonds. The number of fused-ring (bicyclic) bond motifs is 1. The van der Waals surface area contributed by atoms with Crippen LogP contribution in [0.25, 0.3) is 0 Å². The van der Waals surface area contributed by atoms with Gasteiger partial charge in [0.15, 0.2) is 5.78 Å². The summed E-state index contributed by atoms with van der Waals surface area (Å²) in [6, 6.07) is 0. The number of aromatic nitrogens is 2. The van der Waals surface area contributed by atoms with Crippen LogP contribution in [0.2, 0.25) is 0 Å². The molecule has 2 aliphatic rings. The van der Waals surface area contributed by atoms with E-state index in [2.05, 4.69) is 45.5 Å². The van der Waals surface area contributed by atoms with Crippen molar-refractivity contribution in [2.24, 2.45) is 15.4 Å². The molecule has 0 saturated carbocycles. The first-order valence-corrected chi connectivity index (χ1v) is 12.8. The number of piperazine rings is 1. The topological polar surface area (TPSA) is 77.3 Å². The quantitative estimate of drug-likeness (QED) is 0.362. The van der Waals surface area contributed by atoms with E-state index in [1.165, 1.54) is 11.3 Å². The Bertz CT molecular complexity index is 995. The largest absolute Gasteiger partial charge is 0.338 e. The molecule has 0 unspecified atom stereocenters. The summed E-state index contributed by atoms with van der Waals surface area (Å²) in [5.41, 5.74) is 2.80. The molecule has 1 fully saturated rings. The summed E-state index contributed by atoms with van der Waals surface area (Å²) in [5, 5.41) is 0. The lowest BCUT2D eigenvalue weighted by Crippen LogP contribution is -2.49. The highest BCUT2D eigenvalue weighted by atomic mass is 16.1. The van der Waals surface area contributed by atoms with Crippen molar-refractivity contribution in [2.45, 2.75) is 73.4 Å². The second-order valence-corrected chi connectivity index (χ2v) is 11.1. The molecule has 35 heavy (non-hydrogen) atoms. The predicted molar refractivity (Wildman–Crippen MR) is 144 cm³/mol. The van der Waals surface area contributed by atoms with E-state index in [4.69, 9.17) is 9.97 Å². The van der Waals surface area contributed by atoms with Gasteiger partial charge >= 0.3 is 0 Å². The van der Waals surface area contributed by atoms with E-state index in [0.29, 0.717) is 11.5 Å². The zero-order chi connectivity index (χ0) is 25.8. The van der Waals surface area contributed by atoms with E-state index in [0.717, 1.165) is 58.1 Å². The van der Waals surface area contributed by atoms with Gasteiger partial charge in [-0.1, -0.05) is 33.8 Å². The number of allylic oxidation sites excluding steroid dienone is 2. The minimum absolute atomic E-state index is 0.0787. The molecule has 8 heteroatoms. The molecule has 0 aliphatic carbocycles. The number of rotatable bonds is 5. The van der Waals surface area contributed by atoms with Crippen molar-refractivity contribution in [3.05, 3.63) is 29.1 Å². The third-order valence-electron chi connectivity index (χ3n) is 7.26. The molecule has 192 valence electrons. The van der Waals surface area contributed by atoms with Crippen LogP contribution < -0.4 is 4.90 Å². The minimum Gasteiger partial charge on any atom is -0.338 e. The van der Waals surface area contributed by atoms with Crippen molar-refractivity contribution < 1.29 is 4.79 Å². The highest BCUT2D eigenvalue weighted by molar-refractivity contribution is 6.16. The summed E-state index contributed by atoms with van der Waals surface area (Å²) in [6.07, 6.45) is 7.59. The summed E-state index contributed by atoms with van der Waals surface area (Å²) in [6.45, 7) is 19.6. The fraction of sp³-hybridized carbons (Fsp3) is 0.667. The van der Waals surface area contributed by atoms with Gasteiger partial charge in [0.1, 0.15) is 0 Å². The Labute approximate surface area is 211 Å². The van der Waals surface area contributed by atoms with Crippen LogP contribution in [0, 0.1) is 5.41 Å².